The molecule has 0 spiro atoms. The number of hydrogen-bond acceptors (Lipinski definition) is 3. The molecular formula is C14H14ClNO2S. The summed E-state index contributed by atoms with van der Waals surface area (Å²) >= 11 is 7.27. The zero-order chi connectivity index (χ0) is 13.7. The Balaban J connectivity index is 1.77. The van der Waals surface area contributed by atoms with Gasteiger partial charge in [0.05, 0.1) is 10.9 Å². The molecule has 0 fully saturated rings. The topological polar surface area (TPSA) is 49.3 Å². The van der Waals surface area contributed by atoms with E-state index in [9.17, 15) is 9.90 Å². The zero-order valence-corrected chi connectivity index (χ0v) is 11.8. The van der Waals surface area contributed by atoms with Gasteiger partial charge in [-0.05, 0) is 30.2 Å². The highest BCUT2D eigenvalue weighted by Crippen LogP contribution is 2.21. The zero-order valence-electron chi connectivity index (χ0n) is 10.2. The van der Waals surface area contributed by atoms with Crippen LogP contribution in [0.15, 0.2) is 36.4 Å². The van der Waals surface area contributed by atoms with Crippen LogP contribution in [0.1, 0.15) is 16.9 Å². The molecule has 0 bridgehead atoms. The van der Waals surface area contributed by atoms with E-state index in [1.165, 1.54) is 11.3 Å². The summed E-state index contributed by atoms with van der Waals surface area (Å²) in [5, 5.41) is 12.4. The van der Waals surface area contributed by atoms with Gasteiger partial charge in [-0.3, -0.25) is 4.79 Å². The standard InChI is InChI=1S/C14H14ClNO2S/c15-13-7-6-11(19-13)9-16-14(18)8-5-10-3-1-2-4-12(10)17/h1-4,6-7,17H,5,8-9H2,(H,16,18). The molecule has 100 valence electrons. The van der Waals surface area contributed by atoms with E-state index < -0.39 is 0 Å². The summed E-state index contributed by atoms with van der Waals surface area (Å²) in [6.45, 7) is 0.497. The molecule has 0 atom stereocenters. The summed E-state index contributed by atoms with van der Waals surface area (Å²) in [5.74, 6) is 0.202. The van der Waals surface area contributed by atoms with E-state index >= 15 is 0 Å². The third-order valence-corrected chi connectivity index (χ3v) is 3.93. The summed E-state index contributed by atoms with van der Waals surface area (Å²) in [6, 6.07) is 10.8. The first-order chi connectivity index (χ1) is 9.15. The van der Waals surface area contributed by atoms with Crippen molar-refractivity contribution in [3.8, 4) is 5.75 Å². The Morgan fingerprint density at radius 2 is 2.05 bits per heavy atom. The van der Waals surface area contributed by atoms with Gasteiger partial charge in [-0.1, -0.05) is 29.8 Å². The van der Waals surface area contributed by atoms with Gasteiger partial charge in [-0.25, -0.2) is 0 Å². The first kappa shape index (κ1) is 13.9. The summed E-state index contributed by atoms with van der Waals surface area (Å²) < 4.78 is 0.721. The number of aryl methyl sites for hydroxylation is 1. The van der Waals surface area contributed by atoms with Crippen molar-refractivity contribution in [3.63, 3.8) is 0 Å². The number of thiophene rings is 1. The van der Waals surface area contributed by atoms with E-state index in [1.54, 1.807) is 12.1 Å². The predicted molar refractivity (Wildman–Crippen MR) is 77.6 cm³/mol. The highest BCUT2D eigenvalue weighted by atomic mass is 35.5. The van der Waals surface area contributed by atoms with Crippen LogP contribution in [0.4, 0.5) is 0 Å². The normalized spacial score (nSPS) is 10.4. The molecule has 2 N–H and O–H groups in total. The van der Waals surface area contributed by atoms with Gasteiger partial charge in [0.25, 0.3) is 0 Å². The molecule has 0 saturated carbocycles. The van der Waals surface area contributed by atoms with Gasteiger partial charge in [0.2, 0.25) is 5.91 Å². The van der Waals surface area contributed by atoms with Crippen molar-refractivity contribution in [2.24, 2.45) is 0 Å². The average Bonchev–Trinajstić information content (AvgIpc) is 2.81. The molecule has 19 heavy (non-hydrogen) atoms. The first-order valence-corrected chi connectivity index (χ1v) is 7.12. The van der Waals surface area contributed by atoms with Crippen LogP contribution in [-0.4, -0.2) is 11.0 Å². The van der Waals surface area contributed by atoms with Crippen LogP contribution < -0.4 is 5.32 Å². The predicted octanol–water partition coefficient (Wildman–Crippen LogP) is 3.36. The Labute approximate surface area is 120 Å². The smallest absolute Gasteiger partial charge is 0.220 e. The minimum Gasteiger partial charge on any atom is -0.508 e. The number of aromatic hydroxyl groups is 1. The van der Waals surface area contributed by atoms with Crippen molar-refractivity contribution < 1.29 is 9.90 Å². The molecule has 3 nitrogen and oxygen atoms in total. The van der Waals surface area contributed by atoms with E-state index in [2.05, 4.69) is 5.32 Å². The van der Waals surface area contributed by atoms with E-state index in [1.807, 2.05) is 24.3 Å². The molecule has 1 amide bonds. The van der Waals surface area contributed by atoms with Gasteiger partial charge in [0.1, 0.15) is 5.75 Å². The average molecular weight is 296 g/mol. The van der Waals surface area contributed by atoms with Crippen molar-refractivity contribution in [2.75, 3.05) is 0 Å². The molecule has 2 aromatic rings. The number of phenolic OH excluding ortho intramolecular Hbond substituents is 1. The number of benzene rings is 1. The third-order valence-electron chi connectivity index (χ3n) is 2.70. The second kappa shape index (κ2) is 6.59. The lowest BCUT2D eigenvalue weighted by atomic mass is 10.1. The van der Waals surface area contributed by atoms with Crippen molar-refractivity contribution in [1.82, 2.24) is 5.32 Å². The maximum absolute atomic E-state index is 11.7. The van der Waals surface area contributed by atoms with Gasteiger partial charge < -0.3 is 10.4 Å². The molecule has 0 aliphatic heterocycles. The fourth-order valence-corrected chi connectivity index (χ4v) is 2.72. The first-order valence-electron chi connectivity index (χ1n) is 5.93. The second-order valence-electron chi connectivity index (χ2n) is 4.11. The molecule has 0 unspecified atom stereocenters. The number of carbonyl (C=O) groups excluding carboxylic acids is 1. The number of hydrogen-bond donors (Lipinski definition) is 2. The molecule has 5 heteroatoms. The molecule has 1 heterocycles. The highest BCUT2D eigenvalue weighted by Gasteiger charge is 2.06. The number of rotatable bonds is 5. The number of carbonyl (C=O) groups is 1. The summed E-state index contributed by atoms with van der Waals surface area (Å²) in [6.07, 6.45) is 0.889. The molecule has 1 aromatic heterocycles. The van der Waals surface area contributed by atoms with Crippen LogP contribution in [0.25, 0.3) is 0 Å². The van der Waals surface area contributed by atoms with Crippen molar-refractivity contribution >= 4 is 28.8 Å². The Bertz CT molecular complexity index is 568. The number of halogens is 1. The number of phenols is 1. The van der Waals surface area contributed by atoms with Gasteiger partial charge >= 0.3 is 0 Å². The Morgan fingerprint density at radius 3 is 2.74 bits per heavy atom. The maximum atomic E-state index is 11.7. The van der Waals surface area contributed by atoms with Gasteiger partial charge in [-0.15, -0.1) is 11.3 Å². The van der Waals surface area contributed by atoms with Crippen LogP contribution in [0, 0.1) is 0 Å². The lowest BCUT2D eigenvalue weighted by Gasteiger charge is -2.05. The monoisotopic (exact) mass is 295 g/mol. The Morgan fingerprint density at radius 1 is 1.26 bits per heavy atom. The molecular weight excluding hydrogens is 282 g/mol. The van der Waals surface area contributed by atoms with Gasteiger partial charge in [0.15, 0.2) is 0 Å². The van der Waals surface area contributed by atoms with Crippen molar-refractivity contribution in [1.29, 1.82) is 0 Å². The third kappa shape index (κ3) is 4.26. The van der Waals surface area contributed by atoms with Crippen LogP contribution >= 0.6 is 22.9 Å². The number of para-hydroxylation sites is 1. The number of amides is 1. The van der Waals surface area contributed by atoms with Gasteiger partial charge in [0, 0.05) is 11.3 Å². The molecule has 2 rings (SSSR count). The summed E-state index contributed by atoms with van der Waals surface area (Å²) in [4.78, 5) is 12.7. The minimum atomic E-state index is -0.0345. The summed E-state index contributed by atoms with van der Waals surface area (Å²) in [5.41, 5.74) is 0.789. The molecule has 0 radical (unpaired) electrons. The fourth-order valence-electron chi connectivity index (χ4n) is 1.69. The van der Waals surface area contributed by atoms with E-state index in [-0.39, 0.29) is 11.7 Å². The highest BCUT2D eigenvalue weighted by molar-refractivity contribution is 7.16. The lowest BCUT2D eigenvalue weighted by Crippen LogP contribution is -2.22. The van der Waals surface area contributed by atoms with Crippen molar-refractivity contribution in [2.45, 2.75) is 19.4 Å². The molecule has 0 saturated heterocycles. The van der Waals surface area contributed by atoms with Gasteiger partial charge in [-0.2, -0.15) is 0 Å². The van der Waals surface area contributed by atoms with Crippen molar-refractivity contribution in [3.05, 3.63) is 51.2 Å². The fraction of sp³-hybridized carbons (Fsp3) is 0.214. The van der Waals surface area contributed by atoms with Crippen LogP contribution in [0.2, 0.25) is 4.34 Å². The quantitative estimate of drug-likeness (QED) is 0.888. The van der Waals surface area contributed by atoms with E-state index in [4.69, 9.17) is 11.6 Å². The van der Waals surface area contributed by atoms with Crippen LogP contribution in [-0.2, 0) is 17.8 Å². The molecule has 0 aliphatic carbocycles. The lowest BCUT2D eigenvalue weighted by molar-refractivity contribution is -0.121. The largest absolute Gasteiger partial charge is 0.508 e. The minimum absolute atomic E-state index is 0.0345. The van der Waals surface area contributed by atoms with E-state index in [0.29, 0.717) is 19.4 Å². The van der Waals surface area contributed by atoms with Crippen LogP contribution in [0.3, 0.4) is 0 Å². The molecule has 1 aromatic carbocycles. The SMILES string of the molecule is O=C(CCc1ccccc1O)NCc1ccc(Cl)s1. The maximum Gasteiger partial charge on any atom is 0.220 e. The Kier molecular flexibility index (Phi) is 4.82. The number of nitrogens with one attached hydrogen (secondary N) is 1. The molecule has 0 aliphatic rings. The second-order valence-corrected chi connectivity index (χ2v) is 5.91. The Hall–Kier alpha value is -1.52. The summed E-state index contributed by atoms with van der Waals surface area (Å²) in [7, 11) is 0. The van der Waals surface area contributed by atoms with E-state index in [0.717, 1.165) is 14.8 Å². The van der Waals surface area contributed by atoms with Crippen LogP contribution in [0.5, 0.6) is 5.75 Å².